The highest BCUT2D eigenvalue weighted by Crippen LogP contribution is 2.32. The molecule has 0 unspecified atom stereocenters. The number of para-hydroxylation sites is 1. The summed E-state index contributed by atoms with van der Waals surface area (Å²) in [5, 5.41) is 15.4. The van der Waals surface area contributed by atoms with Gasteiger partial charge in [-0.25, -0.2) is 4.79 Å². The van der Waals surface area contributed by atoms with Crippen LogP contribution < -0.4 is 15.5 Å². The largest absolute Gasteiger partial charge is 0.396 e. The third kappa shape index (κ3) is 5.73. The van der Waals surface area contributed by atoms with Crippen molar-refractivity contribution in [2.24, 2.45) is 5.41 Å². The lowest BCUT2D eigenvalue weighted by Crippen LogP contribution is -2.31. The third-order valence-electron chi connectivity index (χ3n) is 3.43. The second-order valence-corrected chi connectivity index (χ2v) is 6.74. The van der Waals surface area contributed by atoms with E-state index in [0.717, 1.165) is 18.5 Å². The molecule has 124 valence electrons. The van der Waals surface area contributed by atoms with Gasteiger partial charge in [-0.2, -0.15) is 0 Å². The number of carbonyl (C=O) groups is 1. The zero-order valence-electron chi connectivity index (χ0n) is 13.7. The molecule has 0 aliphatic heterocycles. The van der Waals surface area contributed by atoms with E-state index in [0.29, 0.717) is 17.3 Å². The summed E-state index contributed by atoms with van der Waals surface area (Å²) >= 11 is 6.16. The van der Waals surface area contributed by atoms with Crippen molar-refractivity contribution < 1.29 is 9.90 Å². The number of nitrogens with one attached hydrogen (secondary N) is 2. The van der Waals surface area contributed by atoms with E-state index in [1.54, 1.807) is 12.1 Å². The zero-order chi connectivity index (χ0) is 16.8. The third-order valence-corrected chi connectivity index (χ3v) is 3.73. The second-order valence-electron chi connectivity index (χ2n) is 6.34. The summed E-state index contributed by atoms with van der Waals surface area (Å²) in [5.41, 5.74) is 1.34. The number of halogens is 1. The highest BCUT2D eigenvalue weighted by molar-refractivity contribution is 6.34. The number of hydrogen-bond donors (Lipinski definition) is 3. The van der Waals surface area contributed by atoms with E-state index in [9.17, 15) is 9.90 Å². The van der Waals surface area contributed by atoms with E-state index in [2.05, 4.69) is 10.6 Å². The molecule has 1 rings (SSSR count). The van der Waals surface area contributed by atoms with Crippen molar-refractivity contribution in [1.29, 1.82) is 0 Å². The van der Waals surface area contributed by atoms with Gasteiger partial charge in [0, 0.05) is 27.2 Å². The molecule has 0 spiro atoms. The van der Waals surface area contributed by atoms with E-state index in [4.69, 9.17) is 11.6 Å². The Kier molecular flexibility index (Phi) is 6.97. The molecule has 0 aliphatic carbocycles. The fraction of sp³-hybridized carbons (Fsp3) is 0.562. The van der Waals surface area contributed by atoms with Crippen LogP contribution in [0.3, 0.4) is 0 Å². The number of hydrogen-bond acceptors (Lipinski definition) is 3. The maximum absolute atomic E-state index is 12.0. The van der Waals surface area contributed by atoms with Crippen LogP contribution in [0, 0.1) is 5.41 Å². The topological polar surface area (TPSA) is 64.6 Å². The van der Waals surface area contributed by atoms with Gasteiger partial charge in [-0.15, -0.1) is 0 Å². The Morgan fingerprint density at radius 2 is 2.05 bits per heavy atom. The SMILES string of the molecule is CN(C)c1c(Cl)cccc1NC(=O)NCCCC(C)(C)CO. The summed E-state index contributed by atoms with van der Waals surface area (Å²) in [6.07, 6.45) is 1.67. The van der Waals surface area contributed by atoms with Crippen LogP contribution in [0.4, 0.5) is 16.2 Å². The number of nitrogens with zero attached hydrogens (tertiary/aromatic N) is 1. The van der Waals surface area contributed by atoms with E-state index in [1.165, 1.54) is 0 Å². The van der Waals surface area contributed by atoms with Crippen molar-refractivity contribution in [1.82, 2.24) is 5.32 Å². The fourth-order valence-electron chi connectivity index (χ4n) is 2.09. The molecule has 2 amide bonds. The average Bonchev–Trinajstić information content (AvgIpc) is 2.43. The molecule has 6 heteroatoms. The second kappa shape index (κ2) is 8.25. The monoisotopic (exact) mass is 327 g/mol. The quantitative estimate of drug-likeness (QED) is 0.673. The minimum atomic E-state index is -0.257. The van der Waals surface area contributed by atoms with Gasteiger partial charge in [0.05, 0.1) is 16.4 Å². The number of aliphatic hydroxyl groups excluding tert-OH is 1. The molecular formula is C16H26ClN3O2. The zero-order valence-corrected chi connectivity index (χ0v) is 14.5. The van der Waals surface area contributed by atoms with Gasteiger partial charge in [-0.05, 0) is 30.4 Å². The van der Waals surface area contributed by atoms with Crippen molar-refractivity contribution in [3.8, 4) is 0 Å². The van der Waals surface area contributed by atoms with E-state index in [-0.39, 0.29) is 18.1 Å². The Morgan fingerprint density at radius 3 is 2.64 bits per heavy atom. The van der Waals surface area contributed by atoms with Crippen LogP contribution in [-0.4, -0.2) is 38.4 Å². The standard InChI is InChI=1S/C16H26ClN3O2/c1-16(2,11-21)9-6-10-18-15(22)19-13-8-5-7-12(17)14(13)20(3)4/h5,7-8,21H,6,9-11H2,1-4H3,(H2,18,19,22). The smallest absolute Gasteiger partial charge is 0.319 e. The fourth-order valence-corrected chi connectivity index (χ4v) is 2.43. The highest BCUT2D eigenvalue weighted by Gasteiger charge is 2.16. The highest BCUT2D eigenvalue weighted by atomic mass is 35.5. The van der Waals surface area contributed by atoms with Crippen molar-refractivity contribution in [2.75, 3.05) is 37.5 Å². The molecule has 0 saturated carbocycles. The van der Waals surface area contributed by atoms with Gasteiger partial charge in [0.2, 0.25) is 0 Å². The van der Waals surface area contributed by atoms with Crippen molar-refractivity contribution in [2.45, 2.75) is 26.7 Å². The molecule has 0 radical (unpaired) electrons. The lowest BCUT2D eigenvalue weighted by atomic mass is 9.89. The van der Waals surface area contributed by atoms with Crippen LogP contribution in [0.25, 0.3) is 0 Å². The summed E-state index contributed by atoms with van der Waals surface area (Å²) in [4.78, 5) is 13.8. The summed E-state index contributed by atoms with van der Waals surface area (Å²) in [6, 6.07) is 5.15. The lowest BCUT2D eigenvalue weighted by Gasteiger charge is -2.21. The molecule has 0 aliphatic rings. The van der Waals surface area contributed by atoms with Crippen molar-refractivity contribution in [3.05, 3.63) is 23.2 Å². The molecule has 1 aromatic rings. The Hall–Kier alpha value is -1.46. The molecule has 0 saturated heterocycles. The van der Waals surface area contributed by atoms with Crippen LogP contribution >= 0.6 is 11.6 Å². The molecule has 3 N–H and O–H groups in total. The normalized spacial score (nSPS) is 11.2. The van der Waals surface area contributed by atoms with Gasteiger partial charge in [0.1, 0.15) is 0 Å². The number of rotatable bonds is 7. The minimum Gasteiger partial charge on any atom is -0.396 e. The maximum atomic E-state index is 12.0. The molecule has 22 heavy (non-hydrogen) atoms. The van der Waals surface area contributed by atoms with Gasteiger partial charge in [-0.3, -0.25) is 0 Å². The summed E-state index contributed by atoms with van der Waals surface area (Å²) in [7, 11) is 3.75. The number of amides is 2. The number of urea groups is 1. The van der Waals surface area contributed by atoms with Gasteiger partial charge in [0.25, 0.3) is 0 Å². The van der Waals surface area contributed by atoms with E-state index in [1.807, 2.05) is 38.9 Å². The van der Waals surface area contributed by atoms with Crippen LogP contribution in [0.15, 0.2) is 18.2 Å². The Balaban J connectivity index is 2.51. The molecule has 0 aromatic heterocycles. The number of carbonyl (C=O) groups excluding carboxylic acids is 1. The Bertz CT molecular complexity index is 504. The molecule has 0 bridgehead atoms. The molecule has 0 heterocycles. The molecule has 0 atom stereocenters. The van der Waals surface area contributed by atoms with Gasteiger partial charge in [-0.1, -0.05) is 31.5 Å². The minimum absolute atomic E-state index is 0.108. The summed E-state index contributed by atoms with van der Waals surface area (Å²) in [6.45, 7) is 4.71. The van der Waals surface area contributed by atoms with Crippen molar-refractivity contribution in [3.63, 3.8) is 0 Å². The molecular weight excluding hydrogens is 302 g/mol. The first kappa shape index (κ1) is 18.6. The van der Waals surface area contributed by atoms with Gasteiger partial charge < -0.3 is 20.6 Å². The predicted molar refractivity (Wildman–Crippen MR) is 92.9 cm³/mol. The first-order valence-electron chi connectivity index (χ1n) is 7.38. The number of anilines is 2. The summed E-state index contributed by atoms with van der Waals surface area (Å²) < 4.78 is 0. The van der Waals surface area contributed by atoms with Crippen molar-refractivity contribution >= 4 is 29.0 Å². The van der Waals surface area contributed by atoms with E-state index < -0.39 is 0 Å². The average molecular weight is 328 g/mol. The molecule has 5 nitrogen and oxygen atoms in total. The number of benzene rings is 1. The molecule has 1 aromatic carbocycles. The Morgan fingerprint density at radius 1 is 1.36 bits per heavy atom. The van der Waals surface area contributed by atoms with Crippen LogP contribution in [0.5, 0.6) is 0 Å². The first-order valence-corrected chi connectivity index (χ1v) is 7.76. The van der Waals surface area contributed by atoms with Gasteiger partial charge >= 0.3 is 6.03 Å². The first-order chi connectivity index (χ1) is 10.3. The van der Waals surface area contributed by atoms with Gasteiger partial charge in [0.15, 0.2) is 0 Å². The summed E-state index contributed by atoms with van der Waals surface area (Å²) in [5.74, 6) is 0. The Labute approximate surface area is 137 Å². The van der Waals surface area contributed by atoms with Crippen LogP contribution in [0.2, 0.25) is 5.02 Å². The van der Waals surface area contributed by atoms with Crippen LogP contribution in [-0.2, 0) is 0 Å². The molecule has 0 fully saturated rings. The predicted octanol–water partition coefficient (Wildman–Crippen LogP) is 3.33. The lowest BCUT2D eigenvalue weighted by molar-refractivity contribution is 0.148. The van der Waals surface area contributed by atoms with Crippen LogP contribution in [0.1, 0.15) is 26.7 Å². The van der Waals surface area contributed by atoms with E-state index >= 15 is 0 Å². The maximum Gasteiger partial charge on any atom is 0.319 e. The number of aliphatic hydroxyl groups is 1.